The molecule has 112 valence electrons. The standard InChI is InChI=1S/C14H29N3O2/c1-11(2)12(7-9-15)5-6-13(18)16-10-8-14(19)17(3)4/h11-12H,5-10,15H2,1-4H3,(H,16,18). The van der Waals surface area contributed by atoms with E-state index in [-0.39, 0.29) is 11.8 Å². The van der Waals surface area contributed by atoms with Gasteiger partial charge >= 0.3 is 0 Å². The van der Waals surface area contributed by atoms with Crippen molar-refractivity contribution in [3.8, 4) is 0 Å². The lowest BCUT2D eigenvalue weighted by Crippen LogP contribution is -2.30. The number of rotatable bonds is 9. The number of nitrogens with zero attached hydrogens (tertiary/aromatic N) is 1. The van der Waals surface area contributed by atoms with E-state index < -0.39 is 0 Å². The molecule has 0 aliphatic rings. The molecule has 0 fully saturated rings. The van der Waals surface area contributed by atoms with Crippen molar-refractivity contribution in [2.24, 2.45) is 17.6 Å². The van der Waals surface area contributed by atoms with Crippen LogP contribution in [0, 0.1) is 11.8 Å². The van der Waals surface area contributed by atoms with E-state index in [1.807, 2.05) is 0 Å². The van der Waals surface area contributed by atoms with Gasteiger partial charge in [-0.3, -0.25) is 9.59 Å². The fourth-order valence-corrected chi connectivity index (χ4v) is 1.96. The van der Waals surface area contributed by atoms with Crippen LogP contribution in [0.5, 0.6) is 0 Å². The molecule has 0 spiro atoms. The van der Waals surface area contributed by atoms with Crippen LogP contribution in [0.15, 0.2) is 0 Å². The lowest BCUT2D eigenvalue weighted by atomic mass is 9.88. The van der Waals surface area contributed by atoms with Crippen LogP contribution in [-0.2, 0) is 9.59 Å². The average molecular weight is 271 g/mol. The second-order valence-electron chi connectivity index (χ2n) is 5.51. The first kappa shape index (κ1) is 17.9. The van der Waals surface area contributed by atoms with Crippen LogP contribution in [0.25, 0.3) is 0 Å². The molecule has 0 heterocycles. The first-order chi connectivity index (χ1) is 8.88. The number of carbonyl (C=O) groups excluding carboxylic acids is 2. The summed E-state index contributed by atoms with van der Waals surface area (Å²) in [5.74, 6) is 1.10. The fraction of sp³-hybridized carbons (Fsp3) is 0.857. The third-order valence-corrected chi connectivity index (χ3v) is 3.38. The fourth-order valence-electron chi connectivity index (χ4n) is 1.96. The third-order valence-electron chi connectivity index (χ3n) is 3.38. The van der Waals surface area contributed by atoms with Crippen LogP contribution in [0.4, 0.5) is 0 Å². The number of nitrogens with two attached hydrogens (primary N) is 1. The highest BCUT2D eigenvalue weighted by molar-refractivity contribution is 5.78. The van der Waals surface area contributed by atoms with Crippen molar-refractivity contribution in [2.45, 2.75) is 39.5 Å². The molecule has 0 rings (SSSR count). The molecular formula is C14H29N3O2. The van der Waals surface area contributed by atoms with E-state index in [1.165, 1.54) is 4.90 Å². The Hall–Kier alpha value is -1.10. The molecular weight excluding hydrogens is 242 g/mol. The zero-order chi connectivity index (χ0) is 14.8. The van der Waals surface area contributed by atoms with Crippen molar-refractivity contribution in [3.05, 3.63) is 0 Å². The van der Waals surface area contributed by atoms with Gasteiger partial charge in [0.15, 0.2) is 0 Å². The lowest BCUT2D eigenvalue weighted by Gasteiger charge is -2.19. The molecule has 0 saturated heterocycles. The maximum atomic E-state index is 11.7. The van der Waals surface area contributed by atoms with E-state index in [0.717, 1.165) is 12.8 Å². The molecule has 5 nitrogen and oxygen atoms in total. The molecule has 1 atom stereocenters. The Morgan fingerprint density at radius 3 is 2.26 bits per heavy atom. The smallest absolute Gasteiger partial charge is 0.223 e. The van der Waals surface area contributed by atoms with E-state index in [9.17, 15) is 9.59 Å². The molecule has 1 unspecified atom stereocenters. The number of carbonyl (C=O) groups is 2. The Balaban J connectivity index is 3.82. The highest BCUT2D eigenvalue weighted by Gasteiger charge is 2.14. The first-order valence-corrected chi connectivity index (χ1v) is 7.05. The number of amides is 2. The summed E-state index contributed by atoms with van der Waals surface area (Å²) in [5.41, 5.74) is 5.57. The molecule has 0 aliphatic heterocycles. The molecule has 0 aromatic rings. The van der Waals surface area contributed by atoms with Crippen LogP contribution >= 0.6 is 0 Å². The summed E-state index contributed by atoms with van der Waals surface area (Å²) in [6.45, 7) is 5.41. The molecule has 2 amide bonds. The molecule has 0 saturated carbocycles. The lowest BCUT2D eigenvalue weighted by molar-refractivity contribution is -0.128. The largest absolute Gasteiger partial charge is 0.356 e. The van der Waals surface area contributed by atoms with Gasteiger partial charge in [-0.15, -0.1) is 0 Å². The van der Waals surface area contributed by atoms with Crippen molar-refractivity contribution in [2.75, 3.05) is 27.2 Å². The quantitative estimate of drug-likeness (QED) is 0.656. The van der Waals surface area contributed by atoms with Crippen LogP contribution < -0.4 is 11.1 Å². The summed E-state index contributed by atoms with van der Waals surface area (Å²) in [6.07, 6.45) is 2.69. The predicted octanol–water partition coefficient (Wildman–Crippen LogP) is 0.982. The summed E-state index contributed by atoms with van der Waals surface area (Å²) < 4.78 is 0. The first-order valence-electron chi connectivity index (χ1n) is 7.05. The van der Waals surface area contributed by atoms with E-state index in [4.69, 9.17) is 5.73 Å². The van der Waals surface area contributed by atoms with E-state index in [2.05, 4.69) is 19.2 Å². The average Bonchev–Trinajstić information content (AvgIpc) is 2.33. The predicted molar refractivity (Wildman–Crippen MR) is 77.6 cm³/mol. The van der Waals surface area contributed by atoms with Crippen LogP contribution in [0.1, 0.15) is 39.5 Å². The van der Waals surface area contributed by atoms with Crippen molar-refractivity contribution < 1.29 is 9.59 Å². The van der Waals surface area contributed by atoms with E-state index >= 15 is 0 Å². The monoisotopic (exact) mass is 271 g/mol. The molecule has 5 heteroatoms. The summed E-state index contributed by atoms with van der Waals surface area (Å²) in [4.78, 5) is 24.5. The number of nitrogens with one attached hydrogen (secondary N) is 1. The maximum Gasteiger partial charge on any atom is 0.223 e. The Morgan fingerprint density at radius 2 is 1.79 bits per heavy atom. The van der Waals surface area contributed by atoms with Gasteiger partial charge in [0.1, 0.15) is 0 Å². The third kappa shape index (κ3) is 8.59. The highest BCUT2D eigenvalue weighted by atomic mass is 16.2. The van der Waals surface area contributed by atoms with Gasteiger partial charge < -0.3 is 16.0 Å². The van der Waals surface area contributed by atoms with Crippen LogP contribution in [0.3, 0.4) is 0 Å². The highest BCUT2D eigenvalue weighted by Crippen LogP contribution is 2.20. The van der Waals surface area contributed by atoms with Crippen molar-refractivity contribution in [1.82, 2.24) is 10.2 Å². The van der Waals surface area contributed by atoms with E-state index in [0.29, 0.717) is 37.8 Å². The normalized spacial score (nSPS) is 12.3. The van der Waals surface area contributed by atoms with Gasteiger partial charge in [0, 0.05) is 33.5 Å². The van der Waals surface area contributed by atoms with E-state index in [1.54, 1.807) is 14.1 Å². The summed E-state index contributed by atoms with van der Waals surface area (Å²) in [5, 5.41) is 2.79. The summed E-state index contributed by atoms with van der Waals surface area (Å²) in [6, 6.07) is 0. The SMILES string of the molecule is CC(C)C(CCN)CCC(=O)NCCC(=O)N(C)C. The topological polar surface area (TPSA) is 75.4 Å². The number of hydrogen-bond acceptors (Lipinski definition) is 3. The van der Waals surface area contributed by atoms with Crippen molar-refractivity contribution >= 4 is 11.8 Å². The molecule has 0 aromatic heterocycles. The summed E-state index contributed by atoms with van der Waals surface area (Å²) >= 11 is 0. The zero-order valence-electron chi connectivity index (χ0n) is 12.7. The molecule has 19 heavy (non-hydrogen) atoms. The van der Waals surface area contributed by atoms with Crippen molar-refractivity contribution in [1.29, 1.82) is 0 Å². The van der Waals surface area contributed by atoms with Crippen molar-refractivity contribution in [3.63, 3.8) is 0 Å². The summed E-state index contributed by atoms with van der Waals surface area (Å²) in [7, 11) is 3.43. The molecule has 0 aliphatic carbocycles. The van der Waals surface area contributed by atoms with Gasteiger partial charge in [-0.05, 0) is 31.2 Å². The minimum atomic E-state index is 0.0224. The Morgan fingerprint density at radius 1 is 1.16 bits per heavy atom. The van der Waals surface area contributed by atoms with Gasteiger partial charge in [0.2, 0.25) is 11.8 Å². The van der Waals surface area contributed by atoms with Gasteiger partial charge in [0.25, 0.3) is 0 Å². The Bertz CT molecular complexity index is 278. The minimum Gasteiger partial charge on any atom is -0.356 e. The Labute approximate surface area is 116 Å². The van der Waals surface area contributed by atoms with Gasteiger partial charge in [-0.1, -0.05) is 13.8 Å². The molecule has 3 N–H and O–H groups in total. The Kier molecular flexibility index (Phi) is 9.21. The second kappa shape index (κ2) is 9.78. The van der Waals surface area contributed by atoms with Gasteiger partial charge in [-0.2, -0.15) is 0 Å². The molecule has 0 bridgehead atoms. The van der Waals surface area contributed by atoms with Crippen LogP contribution in [0.2, 0.25) is 0 Å². The van der Waals surface area contributed by atoms with Gasteiger partial charge in [-0.25, -0.2) is 0 Å². The molecule has 0 radical (unpaired) electrons. The van der Waals surface area contributed by atoms with Gasteiger partial charge in [0.05, 0.1) is 0 Å². The maximum absolute atomic E-state index is 11.7. The van der Waals surface area contributed by atoms with Crippen LogP contribution in [-0.4, -0.2) is 43.9 Å². The number of hydrogen-bond donors (Lipinski definition) is 2. The minimum absolute atomic E-state index is 0.0224. The zero-order valence-corrected chi connectivity index (χ0v) is 12.7. The second-order valence-corrected chi connectivity index (χ2v) is 5.51. The molecule has 0 aromatic carbocycles.